The van der Waals surface area contributed by atoms with E-state index in [1.165, 1.54) is 12.1 Å². The van der Waals surface area contributed by atoms with Crippen LogP contribution in [0.2, 0.25) is 0 Å². The van der Waals surface area contributed by atoms with Crippen LogP contribution in [0.15, 0.2) is 47.7 Å². The smallest absolute Gasteiger partial charge is 0.271 e. The molecule has 2 aromatic heterocycles. The zero-order valence-electron chi connectivity index (χ0n) is 15.8. The predicted octanol–water partition coefficient (Wildman–Crippen LogP) is 3.34. The number of carbonyl (C=O) groups is 1. The number of nitrogens with one attached hydrogen (secondary N) is 1. The lowest BCUT2D eigenvalue weighted by Gasteiger charge is -2.14. The van der Waals surface area contributed by atoms with E-state index in [0.717, 1.165) is 22.8 Å². The molecule has 0 aliphatic heterocycles. The number of rotatable bonds is 5. The van der Waals surface area contributed by atoms with Crippen LogP contribution in [0.3, 0.4) is 0 Å². The second-order valence-electron chi connectivity index (χ2n) is 6.64. The van der Waals surface area contributed by atoms with E-state index >= 15 is 0 Å². The summed E-state index contributed by atoms with van der Waals surface area (Å²) in [6, 6.07) is 10.4. The minimum atomic E-state index is -0.381. The summed E-state index contributed by atoms with van der Waals surface area (Å²) < 4.78 is 4.08. The van der Waals surface area contributed by atoms with E-state index in [4.69, 9.17) is 0 Å². The standard InChI is InChI=1S/C20H23N5O2/c1-13(2)25-19(8-9-22-25)24-14(3)10-17(15(24)4)12-21-23-20(27)16-6-5-7-18(26)11-16/h5-13,26H,1-4H3,(H,23,27)/b21-12-. The van der Waals surface area contributed by atoms with Crippen LogP contribution < -0.4 is 5.43 Å². The second-order valence-corrected chi connectivity index (χ2v) is 6.64. The molecule has 1 aromatic carbocycles. The molecule has 7 nitrogen and oxygen atoms in total. The molecule has 0 unspecified atom stereocenters. The number of amides is 1. The monoisotopic (exact) mass is 365 g/mol. The Hall–Kier alpha value is -3.35. The molecule has 0 saturated heterocycles. The Kier molecular flexibility index (Phi) is 5.12. The maximum Gasteiger partial charge on any atom is 0.271 e. The van der Waals surface area contributed by atoms with Gasteiger partial charge in [0.25, 0.3) is 5.91 Å². The van der Waals surface area contributed by atoms with Crippen molar-refractivity contribution in [2.75, 3.05) is 0 Å². The Morgan fingerprint density at radius 2 is 2.04 bits per heavy atom. The summed E-state index contributed by atoms with van der Waals surface area (Å²) in [6.07, 6.45) is 3.41. The number of benzene rings is 1. The Labute approximate surface area is 157 Å². The van der Waals surface area contributed by atoms with Crippen molar-refractivity contribution in [3.8, 4) is 11.6 Å². The Bertz CT molecular complexity index is 998. The van der Waals surface area contributed by atoms with Gasteiger partial charge in [0, 0.05) is 34.6 Å². The van der Waals surface area contributed by atoms with Gasteiger partial charge in [-0.15, -0.1) is 0 Å². The molecule has 0 fully saturated rings. The van der Waals surface area contributed by atoms with Gasteiger partial charge in [-0.2, -0.15) is 10.2 Å². The van der Waals surface area contributed by atoms with Gasteiger partial charge in [-0.05, 0) is 52.0 Å². The average Bonchev–Trinajstić information content (AvgIpc) is 3.19. The molecule has 0 atom stereocenters. The lowest BCUT2D eigenvalue weighted by molar-refractivity contribution is 0.0954. The fraction of sp³-hybridized carbons (Fsp3) is 0.250. The highest BCUT2D eigenvalue weighted by Gasteiger charge is 2.14. The van der Waals surface area contributed by atoms with Crippen LogP contribution in [0.4, 0.5) is 0 Å². The topological polar surface area (TPSA) is 84.4 Å². The van der Waals surface area contributed by atoms with E-state index < -0.39 is 0 Å². The number of carbonyl (C=O) groups excluding carboxylic acids is 1. The van der Waals surface area contributed by atoms with E-state index in [0.29, 0.717) is 5.56 Å². The number of phenols is 1. The second kappa shape index (κ2) is 7.49. The van der Waals surface area contributed by atoms with Crippen LogP contribution in [0.1, 0.15) is 47.2 Å². The summed E-state index contributed by atoms with van der Waals surface area (Å²) in [5, 5.41) is 17.9. The molecule has 0 bridgehead atoms. The number of hydrogen-bond acceptors (Lipinski definition) is 4. The average molecular weight is 365 g/mol. The molecule has 2 N–H and O–H groups in total. The number of phenolic OH excluding ortho intramolecular Hbond substituents is 1. The highest BCUT2D eigenvalue weighted by molar-refractivity contribution is 5.95. The van der Waals surface area contributed by atoms with Gasteiger partial charge in [-0.1, -0.05) is 6.07 Å². The van der Waals surface area contributed by atoms with E-state index in [-0.39, 0.29) is 17.7 Å². The van der Waals surface area contributed by atoms with Crippen molar-refractivity contribution < 1.29 is 9.90 Å². The van der Waals surface area contributed by atoms with Gasteiger partial charge >= 0.3 is 0 Å². The Balaban J connectivity index is 1.81. The highest BCUT2D eigenvalue weighted by atomic mass is 16.3. The van der Waals surface area contributed by atoms with E-state index in [9.17, 15) is 9.90 Å². The van der Waals surface area contributed by atoms with Crippen molar-refractivity contribution in [1.29, 1.82) is 0 Å². The van der Waals surface area contributed by atoms with Gasteiger partial charge < -0.3 is 9.67 Å². The quantitative estimate of drug-likeness (QED) is 0.537. The van der Waals surface area contributed by atoms with Crippen molar-refractivity contribution >= 4 is 12.1 Å². The minimum Gasteiger partial charge on any atom is -0.508 e. The molecule has 0 radical (unpaired) electrons. The van der Waals surface area contributed by atoms with Crippen LogP contribution in [0.25, 0.3) is 5.82 Å². The van der Waals surface area contributed by atoms with Crippen molar-refractivity contribution in [3.63, 3.8) is 0 Å². The summed E-state index contributed by atoms with van der Waals surface area (Å²) >= 11 is 0. The lowest BCUT2D eigenvalue weighted by Crippen LogP contribution is -2.17. The van der Waals surface area contributed by atoms with Crippen molar-refractivity contribution in [2.45, 2.75) is 33.7 Å². The molecule has 27 heavy (non-hydrogen) atoms. The molecule has 7 heteroatoms. The number of hydrazone groups is 1. The van der Waals surface area contributed by atoms with Gasteiger partial charge in [-0.3, -0.25) is 4.79 Å². The molecular weight excluding hydrogens is 342 g/mol. The van der Waals surface area contributed by atoms with Crippen molar-refractivity contribution in [3.05, 3.63) is 65.1 Å². The summed E-state index contributed by atoms with van der Waals surface area (Å²) in [5.74, 6) is 0.647. The van der Waals surface area contributed by atoms with Gasteiger partial charge in [0.15, 0.2) is 0 Å². The molecule has 0 spiro atoms. The molecule has 0 saturated carbocycles. The van der Waals surface area contributed by atoms with Crippen LogP contribution in [-0.4, -0.2) is 31.6 Å². The summed E-state index contributed by atoms with van der Waals surface area (Å²) in [6.45, 7) is 8.20. The first kappa shape index (κ1) is 18.4. The van der Waals surface area contributed by atoms with E-state index in [1.54, 1.807) is 24.5 Å². The largest absolute Gasteiger partial charge is 0.508 e. The van der Waals surface area contributed by atoms with E-state index in [2.05, 4.69) is 34.0 Å². The maximum absolute atomic E-state index is 12.1. The zero-order chi connectivity index (χ0) is 19.6. The predicted molar refractivity (Wildman–Crippen MR) is 105 cm³/mol. The van der Waals surface area contributed by atoms with Gasteiger partial charge in [0.1, 0.15) is 11.6 Å². The SMILES string of the molecule is Cc1cc(/C=N\NC(=O)c2cccc(O)c2)c(C)n1-c1ccnn1C(C)C. The molecule has 0 aliphatic rings. The van der Waals surface area contributed by atoms with E-state index in [1.807, 2.05) is 30.7 Å². The van der Waals surface area contributed by atoms with Crippen LogP contribution >= 0.6 is 0 Å². The third-order valence-corrected chi connectivity index (χ3v) is 4.32. The number of aromatic hydroxyl groups is 1. The Morgan fingerprint density at radius 3 is 2.74 bits per heavy atom. The maximum atomic E-state index is 12.1. The zero-order valence-corrected chi connectivity index (χ0v) is 15.8. The fourth-order valence-corrected chi connectivity index (χ4v) is 3.03. The van der Waals surface area contributed by atoms with Gasteiger partial charge in [-0.25, -0.2) is 10.1 Å². The van der Waals surface area contributed by atoms with Crippen molar-refractivity contribution in [1.82, 2.24) is 19.8 Å². The molecule has 3 rings (SSSR count). The number of nitrogens with zero attached hydrogens (tertiary/aromatic N) is 4. The normalized spacial score (nSPS) is 11.4. The number of aromatic nitrogens is 3. The highest BCUT2D eigenvalue weighted by Crippen LogP contribution is 2.21. The third-order valence-electron chi connectivity index (χ3n) is 4.32. The van der Waals surface area contributed by atoms with Gasteiger partial charge in [0.2, 0.25) is 0 Å². The molecule has 140 valence electrons. The first-order valence-corrected chi connectivity index (χ1v) is 8.73. The van der Waals surface area contributed by atoms with Crippen LogP contribution in [0, 0.1) is 13.8 Å². The molecule has 3 aromatic rings. The Morgan fingerprint density at radius 1 is 1.26 bits per heavy atom. The third kappa shape index (κ3) is 3.76. The summed E-state index contributed by atoms with van der Waals surface area (Å²) in [5.41, 5.74) is 5.79. The van der Waals surface area contributed by atoms with Crippen molar-refractivity contribution in [2.24, 2.45) is 5.10 Å². The first-order chi connectivity index (χ1) is 12.9. The summed E-state index contributed by atoms with van der Waals surface area (Å²) in [4.78, 5) is 12.1. The lowest BCUT2D eigenvalue weighted by atomic mass is 10.2. The van der Waals surface area contributed by atoms with Crippen LogP contribution in [-0.2, 0) is 0 Å². The fourth-order valence-electron chi connectivity index (χ4n) is 3.03. The van der Waals surface area contributed by atoms with Gasteiger partial charge in [0.05, 0.1) is 12.4 Å². The number of aryl methyl sites for hydroxylation is 1. The number of hydrogen-bond donors (Lipinski definition) is 2. The first-order valence-electron chi connectivity index (χ1n) is 8.73. The van der Waals surface area contributed by atoms with Crippen LogP contribution in [0.5, 0.6) is 5.75 Å². The summed E-state index contributed by atoms with van der Waals surface area (Å²) in [7, 11) is 0. The molecule has 0 aliphatic carbocycles. The molecular formula is C20H23N5O2. The molecule has 2 heterocycles. The minimum absolute atomic E-state index is 0.0388. The molecule has 1 amide bonds.